The van der Waals surface area contributed by atoms with E-state index in [1.807, 2.05) is 22.6 Å². The third-order valence-electron chi connectivity index (χ3n) is 2.18. The van der Waals surface area contributed by atoms with E-state index in [0.29, 0.717) is 14.9 Å². The second-order valence-electron chi connectivity index (χ2n) is 3.65. The van der Waals surface area contributed by atoms with Gasteiger partial charge in [0.1, 0.15) is 0 Å². The van der Waals surface area contributed by atoms with Gasteiger partial charge in [-0.3, -0.25) is 14.9 Å². The van der Waals surface area contributed by atoms with Crippen molar-refractivity contribution in [1.29, 1.82) is 0 Å². The van der Waals surface area contributed by atoms with Crippen LogP contribution in [0.3, 0.4) is 0 Å². The van der Waals surface area contributed by atoms with E-state index in [1.165, 1.54) is 29.2 Å². The van der Waals surface area contributed by atoms with Gasteiger partial charge in [0.05, 0.1) is 21.9 Å². The van der Waals surface area contributed by atoms with Gasteiger partial charge in [0.15, 0.2) is 4.34 Å². The highest BCUT2D eigenvalue weighted by Gasteiger charge is 2.17. The number of aromatic nitrogens is 1. The number of rotatable bonds is 5. The van der Waals surface area contributed by atoms with Crippen LogP contribution in [0.15, 0.2) is 32.8 Å². The van der Waals surface area contributed by atoms with E-state index >= 15 is 0 Å². The Hall–Kier alpha value is -1.20. The SMILES string of the molecule is O=C(O)Cc1csc(Sc2ccc(I)cc2[N+](=O)[O-])n1. The van der Waals surface area contributed by atoms with Crippen LogP contribution in [-0.2, 0) is 11.2 Å². The molecule has 6 nitrogen and oxygen atoms in total. The zero-order valence-corrected chi connectivity index (χ0v) is 13.6. The summed E-state index contributed by atoms with van der Waals surface area (Å²) in [5, 5.41) is 21.3. The van der Waals surface area contributed by atoms with Crippen LogP contribution in [0, 0.1) is 13.7 Å². The summed E-state index contributed by atoms with van der Waals surface area (Å²) >= 11 is 4.46. The number of aliphatic carboxylic acids is 1. The molecule has 0 radical (unpaired) electrons. The average Bonchev–Trinajstić information content (AvgIpc) is 2.77. The average molecular weight is 422 g/mol. The number of hydrogen-bond acceptors (Lipinski definition) is 6. The van der Waals surface area contributed by atoms with Crippen LogP contribution in [-0.4, -0.2) is 21.0 Å². The van der Waals surface area contributed by atoms with E-state index in [4.69, 9.17) is 5.11 Å². The lowest BCUT2D eigenvalue weighted by Crippen LogP contribution is -1.99. The molecule has 2 rings (SSSR count). The van der Waals surface area contributed by atoms with Crippen LogP contribution < -0.4 is 0 Å². The first-order valence-corrected chi connectivity index (χ1v) is 8.01. The summed E-state index contributed by atoms with van der Waals surface area (Å²) in [6, 6.07) is 4.94. The molecule has 2 aromatic rings. The van der Waals surface area contributed by atoms with Crippen molar-refractivity contribution in [3.05, 3.63) is 43.0 Å². The molecule has 0 amide bonds. The van der Waals surface area contributed by atoms with Gasteiger partial charge in [0, 0.05) is 15.0 Å². The van der Waals surface area contributed by atoms with Crippen LogP contribution in [0.5, 0.6) is 0 Å². The summed E-state index contributed by atoms with van der Waals surface area (Å²) in [5.74, 6) is -0.952. The van der Waals surface area contributed by atoms with Gasteiger partial charge >= 0.3 is 5.97 Å². The fraction of sp³-hybridized carbons (Fsp3) is 0.0909. The molecule has 0 aliphatic rings. The zero-order valence-electron chi connectivity index (χ0n) is 9.78. The summed E-state index contributed by atoms with van der Waals surface area (Å²) in [6.45, 7) is 0. The molecule has 1 heterocycles. The quantitative estimate of drug-likeness (QED) is 0.451. The Morgan fingerprint density at radius 2 is 2.30 bits per heavy atom. The molecule has 0 bridgehead atoms. The molecule has 0 fully saturated rings. The van der Waals surface area contributed by atoms with Crippen LogP contribution in [0.2, 0.25) is 0 Å². The molecule has 1 N–H and O–H groups in total. The highest BCUT2D eigenvalue weighted by atomic mass is 127. The standard InChI is InChI=1S/C11H7IN2O4S2/c12-6-1-2-9(8(3-6)14(17)18)20-11-13-7(5-19-11)4-10(15)16/h1-3,5H,4H2,(H,15,16). The van der Waals surface area contributed by atoms with Gasteiger partial charge in [-0.2, -0.15) is 0 Å². The van der Waals surface area contributed by atoms with Gasteiger partial charge in [-0.05, 0) is 34.7 Å². The Kier molecular flexibility index (Phi) is 4.94. The lowest BCUT2D eigenvalue weighted by atomic mass is 10.3. The maximum absolute atomic E-state index is 11.0. The topological polar surface area (TPSA) is 93.3 Å². The van der Waals surface area contributed by atoms with Crippen LogP contribution in [0.25, 0.3) is 0 Å². The predicted octanol–water partition coefficient (Wildman–Crippen LogP) is 3.43. The lowest BCUT2D eigenvalue weighted by Gasteiger charge is -2.00. The molecule has 0 unspecified atom stereocenters. The number of carboxylic acid groups (broad SMARTS) is 1. The summed E-state index contributed by atoms with van der Waals surface area (Å²) in [4.78, 5) is 25.8. The number of hydrogen-bond donors (Lipinski definition) is 1. The molecule has 0 atom stereocenters. The van der Waals surface area contributed by atoms with Crippen molar-refractivity contribution < 1.29 is 14.8 Å². The Labute approximate surface area is 135 Å². The number of nitrogens with zero attached hydrogens (tertiary/aromatic N) is 2. The van der Waals surface area contributed by atoms with Crippen LogP contribution in [0.1, 0.15) is 5.69 Å². The molecule has 0 saturated heterocycles. The van der Waals surface area contributed by atoms with Crippen molar-refractivity contribution in [3.8, 4) is 0 Å². The number of nitro benzene ring substituents is 1. The normalized spacial score (nSPS) is 10.4. The van der Waals surface area contributed by atoms with E-state index in [1.54, 1.807) is 17.5 Å². The number of thiazole rings is 1. The number of benzene rings is 1. The van der Waals surface area contributed by atoms with E-state index in [2.05, 4.69) is 4.98 Å². The molecule has 0 aliphatic carbocycles. The molecular formula is C11H7IN2O4S2. The minimum atomic E-state index is -0.952. The lowest BCUT2D eigenvalue weighted by molar-refractivity contribution is -0.387. The molecule has 104 valence electrons. The van der Waals surface area contributed by atoms with Crippen molar-refractivity contribution in [2.45, 2.75) is 15.7 Å². The van der Waals surface area contributed by atoms with Gasteiger partial charge in [0.25, 0.3) is 5.69 Å². The minimum absolute atomic E-state index is 0.0249. The summed E-state index contributed by atoms with van der Waals surface area (Å²) in [7, 11) is 0. The Morgan fingerprint density at radius 1 is 1.55 bits per heavy atom. The molecule has 1 aromatic heterocycles. The van der Waals surface area contributed by atoms with Crippen molar-refractivity contribution in [1.82, 2.24) is 4.98 Å². The van der Waals surface area contributed by atoms with Gasteiger partial charge in [-0.15, -0.1) is 11.3 Å². The number of halogens is 1. The first-order chi connectivity index (χ1) is 9.45. The Morgan fingerprint density at radius 3 is 2.95 bits per heavy atom. The second-order valence-corrected chi connectivity index (χ2v) is 7.04. The zero-order chi connectivity index (χ0) is 14.7. The molecule has 0 spiro atoms. The fourth-order valence-electron chi connectivity index (χ4n) is 1.38. The number of nitro groups is 1. The highest BCUT2D eigenvalue weighted by molar-refractivity contribution is 14.1. The van der Waals surface area contributed by atoms with E-state index in [-0.39, 0.29) is 12.1 Å². The van der Waals surface area contributed by atoms with Gasteiger partial charge < -0.3 is 5.11 Å². The second kappa shape index (κ2) is 6.50. The first-order valence-electron chi connectivity index (χ1n) is 5.23. The minimum Gasteiger partial charge on any atom is -0.481 e. The largest absolute Gasteiger partial charge is 0.481 e. The molecule has 20 heavy (non-hydrogen) atoms. The third kappa shape index (κ3) is 3.90. The Bertz CT molecular complexity index is 674. The van der Waals surface area contributed by atoms with Crippen molar-refractivity contribution in [2.75, 3.05) is 0 Å². The summed E-state index contributed by atoms with van der Waals surface area (Å²) in [5.41, 5.74) is 0.482. The summed E-state index contributed by atoms with van der Waals surface area (Å²) in [6.07, 6.45) is -0.147. The predicted molar refractivity (Wildman–Crippen MR) is 83.4 cm³/mol. The van der Waals surface area contributed by atoms with Gasteiger partial charge in [-0.1, -0.05) is 11.8 Å². The fourth-order valence-corrected chi connectivity index (χ4v) is 3.73. The van der Waals surface area contributed by atoms with E-state index in [0.717, 1.165) is 3.57 Å². The Balaban J connectivity index is 2.23. The van der Waals surface area contributed by atoms with Gasteiger partial charge in [-0.25, -0.2) is 4.98 Å². The first kappa shape index (κ1) is 15.2. The molecule has 9 heteroatoms. The maximum atomic E-state index is 11.0. The van der Waals surface area contributed by atoms with Crippen molar-refractivity contribution in [2.24, 2.45) is 0 Å². The highest BCUT2D eigenvalue weighted by Crippen LogP contribution is 2.37. The molecule has 0 saturated carbocycles. The van der Waals surface area contributed by atoms with Crippen LogP contribution in [0.4, 0.5) is 5.69 Å². The summed E-state index contributed by atoms with van der Waals surface area (Å²) < 4.78 is 1.37. The van der Waals surface area contributed by atoms with Crippen LogP contribution >= 0.6 is 45.7 Å². The number of carbonyl (C=O) groups is 1. The van der Waals surface area contributed by atoms with Crippen molar-refractivity contribution in [3.63, 3.8) is 0 Å². The van der Waals surface area contributed by atoms with Gasteiger partial charge in [0.2, 0.25) is 0 Å². The smallest absolute Gasteiger partial charge is 0.309 e. The van der Waals surface area contributed by atoms with E-state index in [9.17, 15) is 14.9 Å². The molecule has 1 aromatic carbocycles. The maximum Gasteiger partial charge on any atom is 0.309 e. The molecular weight excluding hydrogens is 415 g/mol. The third-order valence-corrected chi connectivity index (χ3v) is 4.90. The van der Waals surface area contributed by atoms with Crippen molar-refractivity contribution >= 4 is 57.3 Å². The van der Waals surface area contributed by atoms with E-state index < -0.39 is 10.9 Å². The monoisotopic (exact) mass is 422 g/mol. The number of carboxylic acids is 1. The molecule has 0 aliphatic heterocycles.